The molecule has 0 radical (unpaired) electrons. The number of aromatic nitrogens is 1. The number of rotatable bonds is 6. The molecule has 0 saturated carbocycles. The van der Waals surface area contributed by atoms with E-state index in [2.05, 4.69) is 50.4 Å². The predicted molar refractivity (Wildman–Crippen MR) is 90.2 cm³/mol. The molecule has 1 atom stereocenters. The van der Waals surface area contributed by atoms with Gasteiger partial charge in [0.2, 0.25) is 0 Å². The summed E-state index contributed by atoms with van der Waals surface area (Å²) in [4.78, 5) is 6.42. The molecule has 2 nitrogen and oxygen atoms in total. The molecule has 0 fully saturated rings. The maximum atomic E-state index is 4.99. The van der Waals surface area contributed by atoms with Crippen molar-refractivity contribution in [3.63, 3.8) is 0 Å². The van der Waals surface area contributed by atoms with E-state index in [0.29, 0.717) is 11.8 Å². The molecule has 0 saturated heterocycles. The molecule has 1 aromatic heterocycles. The SMILES string of the molecule is CCCNCc1sc(C2Cc3ccccc32)nc1C(C)C. The average molecular weight is 300 g/mol. The van der Waals surface area contributed by atoms with E-state index in [-0.39, 0.29) is 0 Å². The topological polar surface area (TPSA) is 24.9 Å². The summed E-state index contributed by atoms with van der Waals surface area (Å²) in [6.45, 7) is 8.75. The van der Waals surface area contributed by atoms with Gasteiger partial charge >= 0.3 is 0 Å². The maximum Gasteiger partial charge on any atom is 0.101 e. The molecule has 3 rings (SSSR count). The molecule has 1 aliphatic carbocycles. The van der Waals surface area contributed by atoms with Crippen molar-refractivity contribution < 1.29 is 0 Å². The van der Waals surface area contributed by atoms with Gasteiger partial charge in [-0.2, -0.15) is 0 Å². The van der Waals surface area contributed by atoms with Crippen LogP contribution in [0.4, 0.5) is 0 Å². The van der Waals surface area contributed by atoms with Crippen LogP contribution in [-0.2, 0) is 13.0 Å². The van der Waals surface area contributed by atoms with Crippen molar-refractivity contribution in [2.24, 2.45) is 0 Å². The van der Waals surface area contributed by atoms with Gasteiger partial charge in [0.05, 0.1) is 5.69 Å². The lowest BCUT2D eigenvalue weighted by molar-refractivity contribution is 0.666. The van der Waals surface area contributed by atoms with E-state index >= 15 is 0 Å². The third kappa shape index (κ3) is 2.90. The number of nitrogens with one attached hydrogen (secondary N) is 1. The highest BCUT2D eigenvalue weighted by atomic mass is 32.1. The zero-order valence-electron chi connectivity index (χ0n) is 13.1. The zero-order chi connectivity index (χ0) is 14.8. The molecule has 0 spiro atoms. The van der Waals surface area contributed by atoms with Crippen LogP contribution in [0.2, 0.25) is 0 Å². The third-order valence-electron chi connectivity index (χ3n) is 4.16. The number of nitrogens with zero attached hydrogens (tertiary/aromatic N) is 1. The maximum absolute atomic E-state index is 4.99. The Morgan fingerprint density at radius 3 is 2.86 bits per heavy atom. The molecule has 1 aromatic carbocycles. The van der Waals surface area contributed by atoms with E-state index in [0.717, 1.165) is 19.5 Å². The Labute approximate surface area is 131 Å². The van der Waals surface area contributed by atoms with Gasteiger partial charge in [0, 0.05) is 17.3 Å². The van der Waals surface area contributed by atoms with Crippen molar-refractivity contribution in [2.45, 2.75) is 52.0 Å². The van der Waals surface area contributed by atoms with Crippen LogP contribution in [0.15, 0.2) is 24.3 Å². The van der Waals surface area contributed by atoms with Gasteiger partial charge < -0.3 is 5.32 Å². The Morgan fingerprint density at radius 1 is 1.33 bits per heavy atom. The molecule has 1 unspecified atom stereocenters. The highest BCUT2D eigenvalue weighted by Gasteiger charge is 2.30. The first-order chi connectivity index (χ1) is 10.2. The van der Waals surface area contributed by atoms with Crippen molar-refractivity contribution >= 4 is 11.3 Å². The fraction of sp³-hybridized carbons (Fsp3) is 0.500. The molecule has 2 aromatic rings. The molecule has 3 heteroatoms. The molecule has 0 bridgehead atoms. The van der Waals surface area contributed by atoms with Crippen molar-refractivity contribution in [1.29, 1.82) is 0 Å². The van der Waals surface area contributed by atoms with E-state index in [1.165, 1.54) is 33.1 Å². The Balaban J connectivity index is 1.82. The van der Waals surface area contributed by atoms with Gasteiger partial charge in [0.15, 0.2) is 0 Å². The summed E-state index contributed by atoms with van der Waals surface area (Å²) >= 11 is 1.91. The smallest absolute Gasteiger partial charge is 0.101 e. The number of fused-ring (bicyclic) bond motifs is 1. The van der Waals surface area contributed by atoms with Gasteiger partial charge in [-0.3, -0.25) is 0 Å². The number of thiazole rings is 1. The normalized spacial score (nSPS) is 16.9. The molecule has 1 heterocycles. The molecule has 0 amide bonds. The Kier molecular flexibility index (Phi) is 4.41. The molecular formula is C18H24N2S. The summed E-state index contributed by atoms with van der Waals surface area (Å²) in [6, 6.07) is 8.78. The molecule has 0 aliphatic heterocycles. The van der Waals surface area contributed by atoms with E-state index < -0.39 is 0 Å². The first kappa shape index (κ1) is 14.7. The highest BCUT2D eigenvalue weighted by Crippen LogP contribution is 2.42. The summed E-state index contributed by atoms with van der Waals surface area (Å²) in [6.07, 6.45) is 2.34. The third-order valence-corrected chi connectivity index (χ3v) is 5.34. The van der Waals surface area contributed by atoms with Gasteiger partial charge in [-0.1, -0.05) is 45.0 Å². The van der Waals surface area contributed by atoms with Gasteiger partial charge in [-0.15, -0.1) is 11.3 Å². The number of hydrogen-bond acceptors (Lipinski definition) is 3. The van der Waals surface area contributed by atoms with E-state index in [1.807, 2.05) is 11.3 Å². The van der Waals surface area contributed by atoms with Gasteiger partial charge in [-0.25, -0.2) is 4.98 Å². The fourth-order valence-corrected chi connectivity index (χ4v) is 4.28. The highest BCUT2D eigenvalue weighted by molar-refractivity contribution is 7.11. The lowest BCUT2D eigenvalue weighted by Crippen LogP contribution is -2.17. The molecule has 1 N–H and O–H groups in total. The average Bonchev–Trinajstić information content (AvgIpc) is 2.84. The van der Waals surface area contributed by atoms with Crippen molar-refractivity contribution in [3.05, 3.63) is 51.0 Å². The molecular weight excluding hydrogens is 276 g/mol. The lowest BCUT2D eigenvalue weighted by atomic mass is 9.78. The largest absolute Gasteiger partial charge is 0.312 e. The number of hydrogen-bond donors (Lipinski definition) is 1. The van der Waals surface area contributed by atoms with Crippen LogP contribution >= 0.6 is 11.3 Å². The molecule has 112 valence electrons. The number of benzene rings is 1. The summed E-state index contributed by atoms with van der Waals surface area (Å²) < 4.78 is 0. The van der Waals surface area contributed by atoms with E-state index in [4.69, 9.17) is 4.98 Å². The van der Waals surface area contributed by atoms with Gasteiger partial charge in [-0.05, 0) is 36.4 Å². The van der Waals surface area contributed by atoms with E-state index in [9.17, 15) is 0 Å². The van der Waals surface area contributed by atoms with Crippen LogP contribution in [0.3, 0.4) is 0 Å². The molecule has 21 heavy (non-hydrogen) atoms. The predicted octanol–water partition coefficient (Wildman–Crippen LogP) is 4.45. The van der Waals surface area contributed by atoms with Crippen LogP contribution in [0, 0.1) is 0 Å². The Hall–Kier alpha value is -1.19. The second-order valence-corrected chi connectivity index (χ2v) is 7.26. The monoisotopic (exact) mass is 300 g/mol. The minimum atomic E-state index is 0.503. The van der Waals surface area contributed by atoms with Crippen LogP contribution < -0.4 is 5.32 Å². The summed E-state index contributed by atoms with van der Waals surface area (Å²) in [5.41, 5.74) is 4.27. The Bertz CT molecular complexity index is 615. The van der Waals surface area contributed by atoms with Gasteiger partial charge in [0.25, 0.3) is 0 Å². The quantitative estimate of drug-likeness (QED) is 0.797. The first-order valence-electron chi connectivity index (χ1n) is 7.98. The zero-order valence-corrected chi connectivity index (χ0v) is 14.0. The lowest BCUT2D eigenvalue weighted by Gasteiger charge is -2.28. The van der Waals surface area contributed by atoms with Crippen LogP contribution in [0.1, 0.15) is 65.7 Å². The second-order valence-electron chi connectivity index (χ2n) is 6.15. The summed E-state index contributed by atoms with van der Waals surface area (Å²) in [5.74, 6) is 1.03. The van der Waals surface area contributed by atoms with Crippen molar-refractivity contribution in [2.75, 3.05) is 6.54 Å². The van der Waals surface area contributed by atoms with Crippen LogP contribution in [0.25, 0.3) is 0 Å². The van der Waals surface area contributed by atoms with Gasteiger partial charge in [0.1, 0.15) is 5.01 Å². The van der Waals surface area contributed by atoms with E-state index in [1.54, 1.807) is 0 Å². The second kappa shape index (κ2) is 6.29. The Morgan fingerprint density at radius 2 is 2.14 bits per heavy atom. The first-order valence-corrected chi connectivity index (χ1v) is 8.80. The minimum absolute atomic E-state index is 0.503. The molecule has 1 aliphatic rings. The minimum Gasteiger partial charge on any atom is -0.312 e. The van der Waals surface area contributed by atoms with Crippen LogP contribution in [-0.4, -0.2) is 11.5 Å². The van der Waals surface area contributed by atoms with Crippen LogP contribution in [0.5, 0.6) is 0 Å². The summed E-state index contributed by atoms with van der Waals surface area (Å²) in [5, 5.41) is 4.84. The van der Waals surface area contributed by atoms with Crippen molar-refractivity contribution in [1.82, 2.24) is 10.3 Å². The standard InChI is InChI=1S/C18H24N2S/c1-4-9-19-11-16-17(12(2)3)20-18(21-16)15-10-13-7-5-6-8-14(13)15/h5-8,12,15,19H,4,9-11H2,1-3H3. The van der Waals surface area contributed by atoms with Crippen molar-refractivity contribution in [3.8, 4) is 0 Å². The fourth-order valence-electron chi connectivity index (χ4n) is 2.97. The summed E-state index contributed by atoms with van der Waals surface area (Å²) in [7, 11) is 0.